The van der Waals surface area contributed by atoms with Crippen LogP contribution in [-0.4, -0.2) is 23.8 Å². The van der Waals surface area contributed by atoms with Gasteiger partial charge in [-0.05, 0) is 39.8 Å². The van der Waals surface area contributed by atoms with E-state index in [4.69, 9.17) is 10.4 Å². The minimum absolute atomic E-state index is 0.655. The van der Waals surface area contributed by atoms with E-state index >= 15 is 0 Å². The van der Waals surface area contributed by atoms with Gasteiger partial charge in [0, 0.05) is 5.69 Å². The van der Waals surface area contributed by atoms with Crippen LogP contribution in [0.2, 0.25) is 0 Å². The summed E-state index contributed by atoms with van der Waals surface area (Å²) < 4.78 is 5.60. The number of rotatable bonds is 4. The maximum Gasteiger partial charge on any atom is 0.330 e. The number of nitrogens with two attached hydrogens (primary N) is 1. The van der Waals surface area contributed by atoms with Crippen LogP contribution in [0.25, 0.3) is 0 Å². The molecule has 0 spiro atoms. The molecule has 0 atom stereocenters. The minimum Gasteiger partial charge on any atom is -0.427 e. The summed E-state index contributed by atoms with van der Waals surface area (Å²) >= 11 is 0. The predicted octanol–water partition coefficient (Wildman–Crippen LogP) is 1.08. The minimum atomic E-state index is -0.913. The number of nitrogen functional groups attached to an aromatic ring is 1. The standard InChI is InChI=1S/C12H19BNO2/c1-11(2,15)12(3,4)16-13-9-6-5-7-10(14)8-9/h5-8,15H,14H2,1-4H3. The molecule has 3 N–H and O–H groups in total. The third-order valence-electron chi connectivity index (χ3n) is 2.87. The number of hydrogen-bond acceptors (Lipinski definition) is 3. The fourth-order valence-corrected chi connectivity index (χ4v) is 0.992. The molecule has 1 radical (unpaired) electrons. The summed E-state index contributed by atoms with van der Waals surface area (Å²) in [6.07, 6.45) is 0. The third-order valence-corrected chi connectivity index (χ3v) is 2.87. The van der Waals surface area contributed by atoms with Crippen LogP contribution in [-0.2, 0) is 4.65 Å². The molecule has 0 unspecified atom stereocenters. The molecule has 4 heteroatoms. The van der Waals surface area contributed by atoms with Crippen LogP contribution in [0.3, 0.4) is 0 Å². The maximum atomic E-state index is 9.91. The highest BCUT2D eigenvalue weighted by atomic mass is 16.5. The van der Waals surface area contributed by atoms with E-state index in [0.29, 0.717) is 5.69 Å². The molecule has 0 saturated heterocycles. The zero-order valence-electron chi connectivity index (χ0n) is 10.3. The molecule has 0 amide bonds. The van der Waals surface area contributed by atoms with E-state index in [1.54, 1.807) is 21.3 Å². The lowest BCUT2D eigenvalue weighted by Crippen LogP contribution is -2.49. The molecule has 0 fully saturated rings. The van der Waals surface area contributed by atoms with Crippen molar-refractivity contribution < 1.29 is 9.76 Å². The largest absolute Gasteiger partial charge is 0.427 e. The van der Waals surface area contributed by atoms with Gasteiger partial charge >= 0.3 is 7.48 Å². The van der Waals surface area contributed by atoms with Gasteiger partial charge in [0.05, 0.1) is 11.2 Å². The summed E-state index contributed by atoms with van der Waals surface area (Å²) in [4.78, 5) is 0. The average molecular weight is 220 g/mol. The van der Waals surface area contributed by atoms with Crippen molar-refractivity contribution in [1.29, 1.82) is 0 Å². The van der Waals surface area contributed by atoms with Crippen molar-refractivity contribution in [2.45, 2.75) is 38.9 Å². The van der Waals surface area contributed by atoms with Crippen LogP contribution in [0.4, 0.5) is 5.69 Å². The molecule has 3 nitrogen and oxygen atoms in total. The van der Waals surface area contributed by atoms with Crippen molar-refractivity contribution in [1.82, 2.24) is 0 Å². The summed E-state index contributed by atoms with van der Waals surface area (Å²) in [5.74, 6) is 0. The second kappa shape index (κ2) is 4.48. The average Bonchev–Trinajstić information content (AvgIpc) is 2.13. The fraction of sp³-hybridized carbons (Fsp3) is 0.500. The van der Waals surface area contributed by atoms with E-state index in [1.807, 2.05) is 38.1 Å². The third kappa shape index (κ3) is 3.25. The Morgan fingerprint density at radius 1 is 1.25 bits per heavy atom. The van der Waals surface area contributed by atoms with Crippen molar-refractivity contribution in [3.05, 3.63) is 24.3 Å². The van der Waals surface area contributed by atoms with Crippen molar-refractivity contribution >= 4 is 18.6 Å². The summed E-state index contributed by atoms with van der Waals surface area (Å²) in [6, 6.07) is 7.40. The molecule has 1 aromatic rings. The Hall–Kier alpha value is -0.995. The Kier molecular flexibility index (Phi) is 3.66. The molecule has 1 aromatic carbocycles. The highest BCUT2D eigenvalue weighted by Crippen LogP contribution is 2.24. The first kappa shape index (κ1) is 13.1. The normalized spacial score (nSPS) is 12.6. The van der Waals surface area contributed by atoms with Gasteiger partial charge in [-0.2, -0.15) is 0 Å². The van der Waals surface area contributed by atoms with Gasteiger partial charge in [-0.3, -0.25) is 0 Å². The molecular formula is C12H19BNO2. The fourth-order valence-electron chi connectivity index (χ4n) is 0.992. The van der Waals surface area contributed by atoms with Crippen LogP contribution >= 0.6 is 0 Å². The van der Waals surface area contributed by atoms with Crippen LogP contribution < -0.4 is 11.2 Å². The molecule has 0 heterocycles. The Bertz CT molecular complexity index is 358. The molecule has 87 valence electrons. The van der Waals surface area contributed by atoms with E-state index in [9.17, 15) is 5.11 Å². The summed E-state index contributed by atoms with van der Waals surface area (Å²) in [5, 5.41) is 9.91. The molecule has 0 aromatic heterocycles. The molecule has 0 aliphatic carbocycles. The van der Waals surface area contributed by atoms with Crippen molar-refractivity contribution in [3.8, 4) is 0 Å². The lowest BCUT2D eigenvalue weighted by Gasteiger charge is -2.37. The van der Waals surface area contributed by atoms with E-state index in [0.717, 1.165) is 5.46 Å². The summed E-state index contributed by atoms with van der Waals surface area (Å²) in [6.45, 7) is 7.13. The van der Waals surface area contributed by atoms with Crippen molar-refractivity contribution in [3.63, 3.8) is 0 Å². The van der Waals surface area contributed by atoms with Gasteiger partial charge in [0.2, 0.25) is 0 Å². The zero-order valence-corrected chi connectivity index (χ0v) is 10.3. The number of anilines is 1. The van der Waals surface area contributed by atoms with E-state index in [1.165, 1.54) is 0 Å². The van der Waals surface area contributed by atoms with E-state index < -0.39 is 11.2 Å². The van der Waals surface area contributed by atoms with Crippen molar-refractivity contribution in [2.75, 3.05) is 5.73 Å². The summed E-state index contributed by atoms with van der Waals surface area (Å²) in [7, 11) is 1.62. The molecule has 0 aliphatic rings. The van der Waals surface area contributed by atoms with Crippen molar-refractivity contribution in [2.24, 2.45) is 0 Å². The lowest BCUT2D eigenvalue weighted by molar-refractivity contribution is -0.0893. The van der Waals surface area contributed by atoms with Gasteiger partial charge < -0.3 is 15.5 Å². The second-order valence-corrected chi connectivity index (χ2v) is 4.98. The first-order valence-corrected chi connectivity index (χ1v) is 5.31. The first-order valence-electron chi connectivity index (χ1n) is 5.31. The molecule has 0 aliphatic heterocycles. The Morgan fingerprint density at radius 2 is 1.88 bits per heavy atom. The lowest BCUT2D eigenvalue weighted by atomic mass is 9.82. The number of hydrogen-bond donors (Lipinski definition) is 2. The van der Waals surface area contributed by atoms with E-state index in [-0.39, 0.29) is 0 Å². The Labute approximate surface area is 97.9 Å². The summed E-state index contributed by atoms with van der Waals surface area (Å²) in [5.41, 5.74) is 5.67. The van der Waals surface area contributed by atoms with E-state index in [2.05, 4.69) is 0 Å². The van der Waals surface area contributed by atoms with Gasteiger partial charge in [-0.25, -0.2) is 0 Å². The van der Waals surface area contributed by atoms with Crippen LogP contribution in [0, 0.1) is 0 Å². The Morgan fingerprint density at radius 3 is 2.38 bits per heavy atom. The number of aliphatic hydroxyl groups is 1. The van der Waals surface area contributed by atoms with Gasteiger partial charge in [-0.1, -0.05) is 17.6 Å². The highest BCUT2D eigenvalue weighted by molar-refractivity contribution is 6.47. The molecule has 1 rings (SSSR count). The van der Waals surface area contributed by atoms with Crippen LogP contribution in [0.5, 0.6) is 0 Å². The number of benzene rings is 1. The smallest absolute Gasteiger partial charge is 0.330 e. The molecule has 16 heavy (non-hydrogen) atoms. The SMILES string of the molecule is CC(C)(O)C(C)(C)O[B]c1cccc(N)c1. The maximum absolute atomic E-state index is 9.91. The predicted molar refractivity (Wildman–Crippen MR) is 67.7 cm³/mol. The Balaban J connectivity index is 2.65. The first-order chi connectivity index (χ1) is 7.22. The highest BCUT2D eigenvalue weighted by Gasteiger charge is 2.35. The van der Waals surface area contributed by atoms with Gasteiger partial charge in [0.25, 0.3) is 0 Å². The zero-order chi connectivity index (χ0) is 12.4. The second-order valence-electron chi connectivity index (χ2n) is 4.98. The molecule has 0 saturated carbocycles. The monoisotopic (exact) mass is 220 g/mol. The van der Waals surface area contributed by atoms with Crippen LogP contribution in [0.1, 0.15) is 27.7 Å². The van der Waals surface area contributed by atoms with Gasteiger partial charge in [0.1, 0.15) is 0 Å². The topological polar surface area (TPSA) is 55.5 Å². The van der Waals surface area contributed by atoms with Gasteiger partial charge in [-0.15, -0.1) is 0 Å². The molecular weight excluding hydrogens is 201 g/mol. The van der Waals surface area contributed by atoms with Gasteiger partial charge in [0.15, 0.2) is 0 Å². The molecule has 0 bridgehead atoms. The quantitative estimate of drug-likeness (QED) is 0.589. The van der Waals surface area contributed by atoms with Crippen LogP contribution in [0.15, 0.2) is 24.3 Å².